The summed E-state index contributed by atoms with van der Waals surface area (Å²) in [6.45, 7) is 12.5. The van der Waals surface area contributed by atoms with E-state index < -0.39 is 23.6 Å². The van der Waals surface area contributed by atoms with Gasteiger partial charge < -0.3 is 24.3 Å². The standard InChI is InChI=1S/C33H33ClF2N6O2/c1-18(35)32(43)42-11-10-41(16-22(42)15-37-2)31-25-14-26(34)28(23-8-4-6-19-12-20-13-24(20)27(19)23)29(36)30(25)38-33(39-31)44-17-21-7-5-9-40(21)3/h4,6,8,14,20-22,24H,1,5,7,9-13,15-17H2,3H3/t20?,21-,22-,24?/m0/s1. The number of likely N-dealkylation sites (tertiary alicyclic amines) is 1. The molecule has 2 aliphatic heterocycles. The Morgan fingerprint density at radius 2 is 2.09 bits per heavy atom. The van der Waals surface area contributed by atoms with Crippen molar-refractivity contribution in [3.05, 3.63) is 70.1 Å². The molecule has 4 aliphatic rings. The number of halogens is 3. The summed E-state index contributed by atoms with van der Waals surface area (Å²) in [5.74, 6) is -0.966. The van der Waals surface area contributed by atoms with Gasteiger partial charge in [0.05, 0.1) is 5.02 Å². The van der Waals surface area contributed by atoms with Crippen molar-refractivity contribution in [2.45, 2.75) is 43.7 Å². The Kier molecular flexibility index (Phi) is 7.42. The van der Waals surface area contributed by atoms with Crippen molar-refractivity contribution >= 4 is 34.2 Å². The molecular formula is C33H33ClF2N6O2. The highest BCUT2D eigenvalue weighted by Gasteiger charge is 2.46. The van der Waals surface area contributed by atoms with E-state index >= 15 is 4.39 Å². The van der Waals surface area contributed by atoms with Gasteiger partial charge in [-0.3, -0.25) is 4.79 Å². The lowest BCUT2D eigenvalue weighted by Gasteiger charge is -2.39. The van der Waals surface area contributed by atoms with Gasteiger partial charge in [-0.05, 0) is 73.9 Å². The second-order valence-electron chi connectivity index (χ2n) is 12.4. The summed E-state index contributed by atoms with van der Waals surface area (Å²) in [6.07, 6.45) is 4.19. The van der Waals surface area contributed by atoms with Crippen LogP contribution < -0.4 is 9.64 Å². The zero-order chi connectivity index (χ0) is 30.7. The van der Waals surface area contributed by atoms with Crippen LogP contribution in [-0.4, -0.2) is 84.1 Å². The number of hydrogen-bond donors (Lipinski definition) is 0. The topological polar surface area (TPSA) is 66.2 Å². The molecule has 3 aromatic rings. The van der Waals surface area contributed by atoms with E-state index in [0.717, 1.165) is 37.8 Å². The Hall–Kier alpha value is -3.81. The summed E-state index contributed by atoms with van der Waals surface area (Å²) in [6, 6.07) is 7.37. The van der Waals surface area contributed by atoms with Gasteiger partial charge in [0, 0.05) is 36.6 Å². The molecule has 0 bridgehead atoms. The van der Waals surface area contributed by atoms with Crippen LogP contribution in [0.3, 0.4) is 0 Å². The maximum Gasteiger partial charge on any atom is 0.319 e. The van der Waals surface area contributed by atoms with Crippen molar-refractivity contribution in [2.24, 2.45) is 5.92 Å². The molecule has 2 unspecified atom stereocenters. The van der Waals surface area contributed by atoms with Gasteiger partial charge in [0.15, 0.2) is 11.6 Å². The highest BCUT2D eigenvalue weighted by atomic mass is 35.5. The van der Waals surface area contributed by atoms with Crippen molar-refractivity contribution in [3.8, 4) is 17.1 Å². The molecule has 44 heavy (non-hydrogen) atoms. The highest BCUT2D eigenvalue weighted by molar-refractivity contribution is 6.34. The fourth-order valence-corrected chi connectivity index (χ4v) is 7.66. The van der Waals surface area contributed by atoms with E-state index in [1.807, 2.05) is 17.0 Å². The average Bonchev–Trinajstić information content (AvgIpc) is 3.48. The van der Waals surface area contributed by atoms with Crippen LogP contribution in [0.1, 0.15) is 36.3 Å². The first-order chi connectivity index (χ1) is 21.2. The third-order valence-electron chi connectivity index (χ3n) is 9.74. The summed E-state index contributed by atoms with van der Waals surface area (Å²) in [5.41, 5.74) is 3.68. The molecule has 0 spiro atoms. The largest absolute Gasteiger partial charge is 0.462 e. The highest BCUT2D eigenvalue weighted by Crippen LogP contribution is 2.59. The molecular weight excluding hydrogens is 586 g/mol. The van der Waals surface area contributed by atoms with Gasteiger partial charge in [0.25, 0.3) is 5.91 Å². The fourth-order valence-electron chi connectivity index (χ4n) is 7.36. The summed E-state index contributed by atoms with van der Waals surface area (Å²) in [5, 5.41) is 0.675. The molecule has 0 N–H and O–H groups in total. The number of likely N-dealkylation sites (N-methyl/N-ethyl adjacent to an activating group) is 1. The van der Waals surface area contributed by atoms with Gasteiger partial charge in [0.1, 0.15) is 24.0 Å². The van der Waals surface area contributed by atoms with Gasteiger partial charge in [-0.2, -0.15) is 9.97 Å². The molecule has 8 nitrogen and oxygen atoms in total. The Morgan fingerprint density at radius 3 is 2.84 bits per heavy atom. The second kappa shape index (κ2) is 11.3. The van der Waals surface area contributed by atoms with E-state index in [0.29, 0.717) is 35.2 Å². The van der Waals surface area contributed by atoms with Crippen molar-refractivity contribution in [2.75, 3.05) is 51.3 Å². The lowest BCUT2D eigenvalue weighted by molar-refractivity contribution is -0.131. The molecule has 0 radical (unpaired) electrons. The molecule has 4 atom stereocenters. The van der Waals surface area contributed by atoms with Crippen molar-refractivity contribution < 1.29 is 18.3 Å². The Balaban J connectivity index is 1.32. The zero-order valence-electron chi connectivity index (χ0n) is 24.5. The van der Waals surface area contributed by atoms with Crippen LogP contribution in [0.2, 0.25) is 5.02 Å². The van der Waals surface area contributed by atoms with Crippen LogP contribution >= 0.6 is 11.6 Å². The Morgan fingerprint density at radius 1 is 1.25 bits per heavy atom. The van der Waals surface area contributed by atoms with Crippen LogP contribution in [0, 0.1) is 18.3 Å². The maximum absolute atomic E-state index is 16.8. The summed E-state index contributed by atoms with van der Waals surface area (Å²) < 4.78 is 36.8. The number of ether oxygens (including phenoxy) is 1. The van der Waals surface area contributed by atoms with Crippen LogP contribution in [0.15, 0.2) is 36.7 Å². The van der Waals surface area contributed by atoms with E-state index in [9.17, 15) is 9.18 Å². The third-order valence-corrected chi connectivity index (χ3v) is 10.0. The number of amides is 1. The van der Waals surface area contributed by atoms with Crippen LogP contribution in [0.25, 0.3) is 26.9 Å². The number of rotatable bonds is 7. The molecule has 7 rings (SSSR count). The number of carbonyl (C=O) groups excluding carboxylic acids is 1. The first-order valence-corrected chi connectivity index (χ1v) is 15.5. The lowest BCUT2D eigenvalue weighted by Crippen LogP contribution is -2.56. The number of carbonyl (C=O) groups is 1. The number of benzene rings is 2. The zero-order valence-corrected chi connectivity index (χ0v) is 25.3. The quantitative estimate of drug-likeness (QED) is 0.252. The molecule has 1 amide bonds. The fraction of sp³-hybridized carbons (Fsp3) is 0.455. The number of fused-ring (bicyclic) bond motifs is 4. The smallest absolute Gasteiger partial charge is 0.319 e. The van der Waals surface area contributed by atoms with E-state index in [1.54, 1.807) is 6.07 Å². The Bertz CT molecular complexity index is 1730. The SMILES string of the molecule is [C-]#[N+]C[C@H]1CN(c2nc(OC[C@@H]3CCCN3C)nc3c(F)c(-c4cccc5c4C4CC4C5)c(Cl)cc23)CCN1C(=O)C(=C)F. The number of aromatic nitrogens is 2. The lowest BCUT2D eigenvalue weighted by atomic mass is 9.93. The monoisotopic (exact) mass is 618 g/mol. The number of anilines is 1. The molecule has 3 heterocycles. The molecule has 2 aromatic carbocycles. The van der Waals surface area contributed by atoms with Crippen molar-refractivity contribution in [3.63, 3.8) is 0 Å². The predicted molar refractivity (Wildman–Crippen MR) is 165 cm³/mol. The minimum Gasteiger partial charge on any atom is -0.462 e. The summed E-state index contributed by atoms with van der Waals surface area (Å²) >= 11 is 6.90. The third kappa shape index (κ3) is 4.96. The molecule has 2 saturated heterocycles. The van der Waals surface area contributed by atoms with Crippen LogP contribution in [-0.2, 0) is 11.2 Å². The Labute approximate surface area is 260 Å². The first kappa shape index (κ1) is 28.9. The van der Waals surface area contributed by atoms with E-state index in [2.05, 4.69) is 34.4 Å². The second-order valence-corrected chi connectivity index (χ2v) is 12.8. The summed E-state index contributed by atoms with van der Waals surface area (Å²) in [4.78, 5) is 30.8. The van der Waals surface area contributed by atoms with E-state index in [-0.39, 0.29) is 48.8 Å². The average molecular weight is 619 g/mol. The van der Waals surface area contributed by atoms with Gasteiger partial charge in [-0.1, -0.05) is 36.4 Å². The molecule has 1 aromatic heterocycles. The molecule has 2 aliphatic carbocycles. The van der Waals surface area contributed by atoms with Gasteiger partial charge in [-0.25, -0.2) is 15.4 Å². The van der Waals surface area contributed by atoms with E-state index in [1.165, 1.54) is 16.0 Å². The number of nitrogens with zero attached hydrogens (tertiary/aromatic N) is 6. The maximum atomic E-state index is 16.8. The molecule has 3 fully saturated rings. The minimum absolute atomic E-state index is 0.0313. The van der Waals surface area contributed by atoms with Gasteiger partial charge in [-0.15, -0.1) is 0 Å². The van der Waals surface area contributed by atoms with E-state index in [4.69, 9.17) is 27.9 Å². The molecule has 228 valence electrons. The van der Waals surface area contributed by atoms with Crippen LogP contribution in [0.4, 0.5) is 14.6 Å². The number of hydrogen-bond acceptors (Lipinski definition) is 6. The minimum atomic E-state index is -1.07. The normalized spacial score (nSPS) is 24.2. The molecule has 11 heteroatoms. The van der Waals surface area contributed by atoms with Gasteiger partial charge in [0.2, 0.25) is 6.54 Å². The first-order valence-electron chi connectivity index (χ1n) is 15.1. The van der Waals surface area contributed by atoms with Crippen molar-refractivity contribution in [1.29, 1.82) is 0 Å². The van der Waals surface area contributed by atoms with Gasteiger partial charge >= 0.3 is 6.01 Å². The molecule has 1 saturated carbocycles. The van der Waals surface area contributed by atoms with Crippen LogP contribution in [0.5, 0.6) is 6.01 Å². The number of piperazine rings is 1. The summed E-state index contributed by atoms with van der Waals surface area (Å²) in [7, 11) is 2.05. The van der Waals surface area contributed by atoms with Crippen molar-refractivity contribution in [1.82, 2.24) is 19.8 Å². The predicted octanol–water partition coefficient (Wildman–Crippen LogP) is 5.64.